The van der Waals surface area contributed by atoms with E-state index in [4.69, 9.17) is 5.11 Å². The highest BCUT2D eigenvalue weighted by Gasteiger charge is 2.16. The Morgan fingerprint density at radius 1 is 1.17 bits per heavy atom. The van der Waals surface area contributed by atoms with Gasteiger partial charge < -0.3 is 5.11 Å². The van der Waals surface area contributed by atoms with Crippen LogP contribution in [0, 0.1) is 0 Å². The van der Waals surface area contributed by atoms with Crippen LogP contribution in [0.4, 0.5) is 5.69 Å². The average Bonchev–Trinajstić information content (AvgIpc) is 2.27. The van der Waals surface area contributed by atoms with Crippen LogP contribution < -0.4 is 4.72 Å². The third-order valence-electron chi connectivity index (χ3n) is 2.45. The van der Waals surface area contributed by atoms with Gasteiger partial charge in [-0.1, -0.05) is 30.3 Å². The average molecular weight is 265 g/mol. The van der Waals surface area contributed by atoms with E-state index >= 15 is 0 Å². The summed E-state index contributed by atoms with van der Waals surface area (Å²) in [4.78, 5) is 11.1. The van der Waals surface area contributed by atoms with Crippen LogP contribution in [-0.2, 0) is 10.0 Å². The van der Waals surface area contributed by atoms with E-state index in [1.54, 1.807) is 30.3 Å². The third kappa shape index (κ3) is 2.43. The molecule has 0 saturated heterocycles. The summed E-state index contributed by atoms with van der Waals surface area (Å²) >= 11 is 0. The summed E-state index contributed by atoms with van der Waals surface area (Å²) < 4.78 is 24.9. The number of anilines is 1. The van der Waals surface area contributed by atoms with Gasteiger partial charge in [0.15, 0.2) is 0 Å². The van der Waals surface area contributed by atoms with Crippen LogP contribution in [0.25, 0.3) is 10.8 Å². The van der Waals surface area contributed by atoms with E-state index in [-0.39, 0.29) is 11.3 Å². The zero-order valence-electron chi connectivity index (χ0n) is 9.54. The number of carboxylic acid groups (broad SMARTS) is 1. The molecule has 0 saturated carbocycles. The van der Waals surface area contributed by atoms with Crippen molar-refractivity contribution in [2.24, 2.45) is 0 Å². The number of rotatable bonds is 3. The van der Waals surface area contributed by atoms with Gasteiger partial charge in [0.1, 0.15) is 0 Å². The lowest BCUT2D eigenvalue weighted by Crippen LogP contribution is -2.13. The molecule has 0 spiro atoms. The molecule has 5 nitrogen and oxygen atoms in total. The van der Waals surface area contributed by atoms with Crippen LogP contribution in [0.15, 0.2) is 36.4 Å². The van der Waals surface area contributed by atoms with Crippen LogP contribution in [-0.4, -0.2) is 25.7 Å². The minimum Gasteiger partial charge on any atom is -0.478 e. The van der Waals surface area contributed by atoms with Crippen molar-refractivity contribution in [3.63, 3.8) is 0 Å². The number of sulfonamides is 1. The number of benzene rings is 2. The molecule has 0 radical (unpaired) electrons. The summed E-state index contributed by atoms with van der Waals surface area (Å²) in [5.41, 5.74) is 0.0298. The maximum absolute atomic E-state index is 11.3. The number of carbonyl (C=O) groups is 1. The second kappa shape index (κ2) is 4.30. The highest BCUT2D eigenvalue weighted by atomic mass is 32.2. The van der Waals surface area contributed by atoms with E-state index < -0.39 is 16.0 Å². The fourth-order valence-electron chi connectivity index (χ4n) is 1.75. The van der Waals surface area contributed by atoms with Gasteiger partial charge in [0, 0.05) is 5.39 Å². The molecule has 94 valence electrons. The van der Waals surface area contributed by atoms with Gasteiger partial charge >= 0.3 is 5.97 Å². The summed E-state index contributed by atoms with van der Waals surface area (Å²) in [7, 11) is -3.54. The van der Waals surface area contributed by atoms with Gasteiger partial charge in [-0.3, -0.25) is 4.72 Å². The summed E-state index contributed by atoms with van der Waals surface area (Å²) in [6.07, 6.45) is 0.987. The molecule has 6 heteroatoms. The molecule has 2 aromatic carbocycles. The molecular formula is C12H11NO4S. The van der Waals surface area contributed by atoms with Gasteiger partial charge in [-0.25, -0.2) is 13.2 Å². The zero-order chi connectivity index (χ0) is 13.3. The van der Waals surface area contributed by atoms with Crippen molar-refractivity contribution in [2.45, 2.75) is 0 Å². The molecule has 0 heterocycles. The second-order valence-corrected chi connectivity index (χ2v) is 5.64. The molecule has 2 aromatic rings. The SMILES string of the molecule is CS(=O)(=O)Nc1c(C(=O)O)ccc2ccccc12. The first-order valence-corrected chi connectivity index (χ1v) is 7.00. The van der Waals surface area contributed by atoms with Crippen molar-refractivity contribution < 1.29 is 18.3 Å². The fourth-order valence-corrected chi connectivity index (χ4v) is 2.34. The van der Waals surface area contributed by atoms with Gasteiger partial charge in [0.25, 0.3) is 0 Å². The van der Waals surface area contributed by atoms with E-state index in [1.807, 2.05) is 0 Å². The van der Waals surface area contributed by atoms with E-state index in [2.05, 4.69) is 4.72 Å². The van der Waals surface area contributed by atoms with E-state index in [1.165, 1.54) is 6.07 Å². The first-order valence-electron chi connectivity index (χ1n) is 5.11. The van der Waals surface area contributed by atoms with Gasteiger partial charge in [0.2, 0.25) is 10.0 Å². The Morgan fingerprint density at radius 3 is 2.44 bits per heavy atom. The Labute approximate surface area is 104 Å². The molecule has 0 bridgehead atoms. The Bertz CT molecular complexity index is 722. The minimum absolute atomic E-state index is 0.0703. The Balaban J connectivity index is 2.78. The molecule has 18 heavy (non-hydrogen) atoms. The molecule has 0 aliphatic heterocycles. The minimum atomic E-state index is -3.54. The number of carboxylic acids is 1. The van der Waals surface area contributed by atoms with Gasteiger partial charge in [0.05, 0.1) is 17.5 Å². The van der Waals surface area contributed by atoms with Crippen LogP contribution in [0.1, 0.15) is 10.4 Å². The normalized spacial score (nSPS) is 11.4. The Morgan fingerprint density at radius 2 is 1.83 bits per heavy atom. The van der Waals surface area contributed by atoms with Gasteiger partial charge in [-0.15, -0.1) is 0 Å². The topological polar surface area (TPSA) is 83.5 Å². The quantitative estimate of drug-likeness (QED) is 0.888. The van der Waals surface area contributed by atoms with Gasteiger partial charge in [-0.2, -0.15) is 0 Å². The van der Waals surface area contributed by atoms with Crippen molar-refractivity contribution in [1.29, 1.82) is 0 Å². The molecule has 2 N–H and O–H groups in total. The molecule has 0 aliphatic rings. The molecule has 0 amide bonds. The lowest BCUT2D eigenvalue weighted by molar-refractivity contribution is 0.0698. The molecule has 0 unspecified atom stereocenters. The highest BCUT2D eigenvalue weighted by molar-refractivity contribution is 7.92. The summed E-state index contributed by atoms with van der Waals surface area (Å²) in [5, 5.41) is 10.4. The number of nitrogens with one attached hydrogen (secondary N) is 1. The fraction of sp³-hybridized carbons (Fsp3) is 0.0833. The molecule has 0 aromatic heterocycles. The monoisotopic (exact) mass is 265 g/mol. The van der Waals surface area contributed by atoms with E-state index in [9.17, 15) is 13.2 Å². The highest BCUT2D eigenvalue weighted by Crippen LogP contribution is 2.28. The smallest absolute Gasteiger partial charge is 0.337 e. The Hall–Kier alpha value is -2.08. The summed E-state index contributed by atoms with van der Waals surface area (Å²) in [6.45, 7) is 0. The van der Waals surface area contributed by atoms with E-state index in [0.717, 1.165) is 11.6 Å². The van der Waals surface area contributed by atoms with Crippen molar-refractivity contribution in [3.05, 3.63) is 42.0 Å². The maximum atomic E-state index is 11.3. The zero-order valence-corrected chi connectivity index (χ0v) is 10.4. The third-order valence-corrected chi connectivity index (χ3v) is 3.02. The number of aromatic carboxylic acids is 1. The molecule has 0 atom stereocenters. The van der Waals surface area contributed by atoms with Crippen molar-refractivity contribution >= 4 is 32.5 Å². The largest absolute Gasteiger partial charge is 0.478 e. The lowest BCUT2D eigenvalue weighted by Gasteiger charge is -2.11. The van der Waals surface area contributed by atoms with Crippen molar-refractivity contribution in [3.8, 4) is 0 Å². The predicted molar refractivity (Wildman–Crippen MR) is 69.4 cm³/mol. The molecule has 2 rings (SSSR count). The van der Waals surface area contributed by atoms with Crippen LogP contribution in [0.2, 0.25) is 0 Å². The maximum Gasteiger partial charge on any atom is 0.337 e. The molecular weight excluding hydrogens is 254 g/mol. The van der Waals surface area contributed by atoms with Gasteiger partial charge in [-0.05, 0) is 11.5 Å². The second-order valence-electron chi connectivity index (χ2n) is 3.89. The number of hydrogen-bond donors (Lipinski definition) is 2. The van der Waals surface area contributed by atoms with E-state index in [0.29, 0.717) is 5.39 Å². The molecule has 0 fully saturated rings. The number of fused-ring (bicyclic) bond motifs is 1. The first kappa shape index (κ1) is 12.4. The van der Waals surface area contributed by atoms with Crippen molar-refractivity contribution in [2.75, 3.05) is 11.0 Å². The Kier molecular flexibility index (Phi) is 2.96. The van der Waals surface area contributed by atoms with Crippen LogP contribution in [0.3, 0.4) is 0 Å². The summed E-state index contributed by atoms with van der Waals surface area (Å²) in [6, 6.07) is 10.0. The summed E-state index contributed by atoms with van der Waals surface area (Å²) in [5.74, 6) is -1.17. The molecule has 0 aliphatic carbocycles. The van der Waals surface area contributed by atoms with Crippen LogP contribution in [0.5, 0.6) is 0 Å². The first-order chi connectivity index (χ1) is 8.38. The van der Waals surface area contributed by atoms with Crippen molar-refractivity contribution in [1.82, 2.24) is 0 Å². The number of hydrogen-bond acceptors (Lipinski definition) is 3. The predicted octanol–water partition coefficient (Wildman–Crippen LogP) is 1.91. The standard InChI is InChI=1S/C12H11NO4S/c1-18(16,17)13-11-9-5-3-2-4-8(9)6-7-10(11)12(14)15/h2-7,13H,1H3,(H,14,15). The van der Waals surface area contributed by atoms with Crippen LogP contribution >= 0.6 is 0 Å². The lowest BCUT2D eigenvalue weighted by atomic mass is 10.0.